The van der Waals surface area contributed by atoms with Gasteiger partial charge in [-0.3, -0.25) is 19.0 Å². The number of aldehydes is 1. The summed E-state index contributed by atoms with van der Waals surface area (Å²) in [5, 5.41) is 8.61. The van der Waals surface area contributed by atoms with Gasteiger partial charge < -0.3 is 45.0 Å². The third-order valence-corrected chi connectivity index (χ3v) is 13.8. The molecule has 17 heteroatoms. The second-order valence-corrected chi connectivity index (χ2v) is 21.2. The van der Waals surface area contributed by atoms with Crippen molar-refractivity contribution in [3.63, 3.8) is 0 Å². The Balaban J connectivity index is 0.00000113. The van der Waals surface area contributed by atoms with E-state index in [0.717, 1.165) is 87.0 Å². The molecular weight excluding hydrogens is 1080 g/mol. The minimum Gasteiger partial charge on any atom is -0.405 e. The second kappa shape index (κ2) is 55.2. The number of alkyl halides is 1. The van der Waals surface area contributed by atoms with Gasteiger partial charge in [0.1, 0.15) is 11.5 Å². The van der Waals surface area contributed by atoms with Gasteiger partial charge in [0.25, 0.3) is 5.56 Å². The van der Waals surface area contributed by atoms with Gasteiger partial charge in [-0.25, -0.2) is 4.98 Å². The van der Waals surface area contributed by atoms with Crippen LogP contribution in [-0.2, 0) is 39.9 Å². The molecule has 0 radical (unpaired) electrons. The van der Waals surface area contributed by atoms with Crippen LogP contribution in [0.25, 0.3) is 21.7 Å². The van der Waals surface area contributed by atoms with Crippen molar-refractivity contribution in [1.82, 2.24) is 25.1 Å². The smallest absolute Gasteiger partial charge is 0.262 e. The number of thioether (sulfide) groups is 2. The first-order valence-electron chi connectivity index (χ1n) is 30.1. The lowest BCUT2D eigenvalue weighted by atomic mass is 9.94. The quantitative estimate of drug-likeness (QED) is 0.0108. The molecule has 4 N–H and O–H groups in total. The number of benzene rings is 3. The minimum atomic E-state index is -0.438. The van der Waals surface area contributed by atoms with Crippen molar-refractivity contribution in [2.24, 2.45) is 5.73 Å². The number of carbonyl (C=O) groups excluding carboxylic acids is 3. The van der Waals surface area contributed by atoms with Crippen molar-refractivity contribution >= 4 is 74.9 Å². The standard InChI is InChI=1S/C27H27N3O2S.C13H25NO5.C11H23ClO.C5H9N.C4H11N.C2H6S.C2H6/c1-2-30-25(31)22-17-20-13-7-8-14-21(20)18-23(22)28-27(30)33-24(19-11-5-3-6-12-19)26(32)29-15-9-4-10-16-29;1-2-4-13(16)14-5-8-18-10-12-19-11-9-17-7-3-6-15;1-2-3-7-10-13-11-8-5-4-6-9-12;6-4-5-2-1-3-5;1-3-4-5-2;1-3-2;1-2/h3,5-8,11-14,17-18,24H,2,4,9-10,15-16H2,1H3;6H,2-5,7-12H2,1H3,(H,14,16);2-11H2,1H3;4H,1-3,6H2;5H,3-4H2,1-2H3;1-2H3;1-2H3. The number of aromatic nitrogens is 2. The lowest BCUT2D eigenvalue weighted by Crippen LogP contribution is -2.38. The third kappa shape index (κ3) is 37.0. The summed E-state index contributed by atoms with van der Waals surface area (Å²) in [6.45, 7) is 20.8. The first-order chi connectivity index (χ1) is 39.6. The Morgan fingerprint density at radius 1 is 0.728 bits per heavy atom. The monoisotopic (exact) mass is 1190 g/mol. The maximum atomic E-state index is 13.6. The SMILES string of the molecule is CC.CCCC(=O)NCCOCCOCCOCCC=O.CCCCCOCCCCCCCl.CCCNC.CCn1c(SC(C(=O)N2CCCCC2)c2ccccc2)nc2cc3ccccc3cc2c1=O.CSC.NC=C1CCC1. The van der Waals surface area contributed by atoms with Gasteiger partial charge in [0, 0.05) is 58.1 Å². The van der Waals surface area contributed by atoms with Crippen LogP contribution in [0.1, 0.15) is 162 Å². The molecule has 460 valence electrons. The average Bonchev–Trinajstić information content (AvgIpc) is 3.49. The number of unbranched alkanes of at least 4 members (excludes halogenated alkanes) is 5. The summed E-state index contributed by atoms with van der Waals surface area (Å²) in [5.74, 6) is 0.966. The molecule has 1 saturated carbocycles. The molecule has 0 bridgehead atoms. The van der Waals surface area contributed by atoms with Gasteiger partial charge in [-0.1, -0.05) is 132 Å². The van der Waals surface area contributed by atoms with Gasteiger partial charge in [0.2, 0.25) is 11.8 Å². The van der Waals surface area contributed by atoms with E-state index in [4.69, 9.17) is 41.3 Å². The van der Waals surface area contributed by atoms with E-state index in [2.05, 4.69) is 24.5 Å². The van der Waals surface area contributed by atoms with Crippen molar-refractivity contribution in [1.29, 1.82) is 0 Å². The average molecular weight is 1190 g/mol. The highest BCUT2D eigenvalue weighted by Gasteiger charge is 2.30. The first-order valence-corrected chi connectivity index (χ1v) is 33.1. The molecular formula is C64H107ClN6O8S2. The fourth-order valence-electron chi connectivity index (χ4n) is 7.79. The van der Waals surface area contributed by atoms with Gasteiger partial charge in [0.15, 0.2) is 5.16 Å². The summed E-state index contributed by atoms with van der Waals surface area (Å²) in [5.41, 5.74) is 8.14. The van der Waals surface area contributed by atoms with E-state index >= 15 is 0 Å². The van der Waals surface area contributed by atoms with Crippen LogP contribution in [0, 0.1) is 0 Å². The minimum absolute atomic E-state index is 0.0620. The van der Waals surface area contributed by atoms with Crippen LogP contribution in [0.5, 0.6) is 0 Å². The molecule has 1 aromatic heterocycles. The van der Waals surface area contributed by atoms with Crippen molar-refractivity contribution in [2.75, 3.05) is 104 Å². The van der Waals surface area contributed by atoms with Gasteiger partial charge in [-0.05, 0) is 138 Å². The van der Waals surface area contributed by atoms with Crippen LogP contribution >= 0.6 is 35.1 Å². The van der Waals surface area contributed by atoms with Crippen LogP contribution in [0.2, 0.25) is 0 Å². The predicted molar refractivity (Wildman–Crippen MR) is 346 cm³/mol. The maximum absolute atomic E-state index is 13.6. The maximum Gasteiger partial charge on any atom is 0.262 e. The molecule has 2 aliphatic rings. The van der Waals surface area contributed by atoms with E-state index in [1.807, 2.05) is 119 Å². The highest BCUT2D eigenvalue weighted by atomic mass is 35.5. The number of hydrogen-bond donors (Lipinski definition) is 3. The molecule has 2 fully saturated rings. The van der Waals surface area contributed by atoms with E-state index < -0.39 is 5.25 Å². The highest BCUT2D eigenvalue weighted by molar-refractivity contribution is 8.00. The Morgan fingerprint density at radius 3 is 1.83 bits per heavy atom. The van der Waals surface area contributed by atoms with Crippen LogP contribution in [0.15, 0.2) is 88.5 Å². The number of halogens is 1. The summed E-state index contributed by atoms with van der Waals surface area (Å²) in [4.78, 5) is 55.0. The second-order valence-electron chi connectivity index (χ2n) is 19.0. The van der Waals surface area contributed by atoms with Crippen LogP contribution in [0.3, 0.4) is 0 Å². The summed E-state index contributed by atoms with van der Waals surface area (Å²) >= 11 is 8.71. The van der Waals surface area contributed by atoms with Gasteiger partial charge in [0.05, 0.1) is 50.5 Å². The number of likely N-dealkylation sites (tertiary alicyclic amines) is 1. The van der Waals surface area contributed by atoms with Crippen molar-refractivity contribution in [2.45, 2.75) is 168 Å². The Morgan fingerprint density at radius 2 is 1.31 bits per heavy atom. The molecule has 14 nitrogen and oxygen atoms in total. The van der Waals surface area contributed by atoms with Crippen LogP contribution in [-0.4, -0.2) is 137 Å². The molecule has 81 heavy (non-hydrogen) atoms. The third-order valence-electron chi connectivity index (χ3n) is 12.3. The zero-order chi connectivity index (χ0) is 60.0. The summed E-state index contributed by atoms with van der Waals surface area (Å²) in [7, 11) is 1.96. The number of nitrogens with zero attached hydrogens (tertiary/aromatic N) is 3. The fourth-order valence-corrected chi connectivity index (χ4v) is 9.22. The molecule has 2 amide bonds. The molecule has 1 saturated heterocycles. The molecule has 1 unspecified atom stereocenters. The first kappa shape index (κ1) is 77.0. The number of piperidine rings is 1. The van der Waals surface area contributed by atoms with E-state index in [9.17, 15) is 19.2 Å². The number of hydrogen-bond acceptors (Lipinski definition) is 13. The zero-order valence-electron chi connectivity index (χ0n) is 51.4. The number of rotatable bonds is 31. The Bertz CT molecular complexity index is 2220. The number of nitrogens with one attached hydrogen (secondary N) is 2. The molecule has 0 spiro atoms. The zero-order valence-corrected chi connectivity index (χ0v) is 53.8. The molecule has 3 aromatic carbocycles. The number of ether oxygens (including phenoxy) is 4. The fraction of sp³-hybridized carbons (Fsp3) is 0.641. The van der Waals surface area contributed by atoms with Crippen LogP contribution < -0.4 is 21.9 Å². The van der Waals surface area contributed by atoms with E-state index in [1.165, 1.54) is 88.0 Å². The largest absolute Gasteiger partial charge is 0.405 e. The van der Waals surface area contributed by atoms with Crippen LogP contribution in [0.4, 0.5) is 0 Å². The van der Waals surface area contributed by atoms with E-state index in [-0.39, 0.29) is 17.4 Å². The van der Waals surface area contributed by atoms with E-state index in [0.29, 0.717) is 81.6 Å². The number of amides is 2. The normalized spacial score (nSPS) is 12.6. The van der Waals surface area contributed by atoms with Crippen molar-refractivity contribution in [3.05, 3.63) is 94.4 Å². The van der Waals surface area contributed by atoms with Gasteiger partial charge >= 0.3 is 0 Å². The summed E-state index contributed by atoms with van der Waals surface area (Å²) < 4.78 is 22.8. The molecule has 1 aliphatic heterocycles. The molecule has 6 rings (SSSR count). The highest BCUT2D eigenvalue weighted by Crippen LogP contribution is 2.37. The summed E-state index contributed by atoms with van der Waals surface area (Å²) in [6, 6.07) is 21.7. The number of fused-ring (bicyclic) bond motifs is 2. The lowest BCUT2D eigenvalue weighted by molar-refractivity contribution is -0.131. The molecule has 1 atom stereocenters. The number of nitrogens with two attached hydrogens (primary N) is 1. The Labute approximate surface area is 502 Å². The predicted octanol–water partition coefficient (Wildman–Crippen LogP) is 13.6. The van der Waals surface area contributed by atoms with E-state index in [1.54, 1.807) is 22.5 Å². The van der Waals surface area contributed by atoms with Gasteiger partial charge in [-0.2, -0.15) is 11.8 Å². The Kier molecular flexibility index (Phi) is 52.5. The lowest BCUT2D eigenvalue weighted by Gasteiger charge is -2.30. The van der Waals surface area contributed by atoms with Gasteiger partial charge in [-0.15, -0.1) is 11.6 Å². The number of allylic oxidation sites excluding steroid dienone is 1. The molecule has 4 aromatic rings. The Hall–Kier alpha value is -4.00. The topological polar surface area (TPSA) is 176 Å². The molecule has 2 heterocycles. The number of carbonyl (C=O) groups is 3. The van der Waals surface area contributed by atoms with Crippen molar-refractivity contribution in [3.8, 4) is 0 Å². The summed E-state index contributed by atoms with van der Waals surface area (Å²) in [6.07, 6.45) is 25.5. The molecule has 1 aliphatic carbocycles. The van der Waals surface area contributed by atoms with Crippen molar-refractivity contribution < 1.29 is 33.3 Å².